The van der Waals surface area contributed by atoms with Gasteiger partial charge in [-0.1, -0.05) is 6.08 Å². The van der Waals surface area contributed by atoms with Crippen LogP contribution in [0.4, 0.5) is 0 Å². The van der Waals surface area contributed by atoms with Gasteiger partial charge >= 0.3 is 0 Å². The van der Waals surface area contributed by atoms with E-state index < -0.39 is 0 Å². The van der Waals surface area contributed by atoms with Crippen molar-refractivity contribution in [3.63, 3.8) is 0 Å². The lowest BCUT2D eigenvalue weighted by molar-refractivity contribution is 0.367. The number of rotatable bonds is 3. The Bertz CT molecular complexity index is 499. The Balaban J connectivity index is 1.71. The summed E-state index contributed by atoms with van der Waals surface area (Å²) in [5.41, 5.74) is 3.69. The summed E-state index contributed by atoms with van der Waals surface area (Å²) in [5.74, 6) is 0.805. The fourth-order valence-corrected chi connectivity index (χ4v) is 4.38. The van der Waals surface area contributed by atoms with Gasteiger partial charge in [0, 0.05) is 24.1 Å². The van der Waals surface area contributed by atoms with Crippen molar-refractivity contribution in [3.8, 4) is 0 Å². The topological polar surface area (TPSA) is 17.8 Å². The molecular weight excluding hydrogens is 220 g/mol. The maximum Gasteiger partial charge on any atom is 0.0689 e. The van der Waals surface area contributed by atoms with Crippen LogP contribution in [0.2, 0.25) is 0 Å². The Morgan fingerprint density at radius 1 is 1.33 bits per heavy atom. The smallest absolute Gasteiger partial charge is 0.0689 e. The molecule has 3 aliphatic rings. The van der Waals surface area contributed by atoms with Gasteiger partial charge in [0.1, 0.15) is 0 Å². The Kier molecular flexibility index (Phi) is 1.98. The molecule has 0 unspecified atom stereocenters. The van der Waals surface area contributed by atoms with Crippen LogP contribution in [0.1, 0.15) is 62.3 Å². The molecular formula is C16H22N2. The van der Waals surface area contributed by atoms with Gasteiger partial charge in [-0.25, -0.2) is 0 Å². The van der Waals surface area contributed by atoms with Gasteiger partial charge in [-0.2, -0.15) is 5.10 Å². The van der Waals surface area contributed by atoms with Gasteiger partial charge in [-0.05, 0) is 56.4 Å². The summed E-state index contributed by atoms with van der Waals surface area (Å²) in [5, 5.41) is 4.87. The number of hydrogen-bond donors (Lipinski definition) is 0. The minimum absolute atomic E-state index is 0.388. The number of aromatic nitrogens is 2. The molecule has 18 heavy (non-hydrogen) atoms. The van der Waals surface area contributed by atoms with Crippen LogP contribution in [0.3, 0.4) is 0 Å². The van der Waals surface area contributed by atoms with E-state index in [1.807, 2.05) is 0 Å². The van der Waals surface area contributed by atoms with Crippen LogP contribution in [0, 0.1) is 5.41 Å². The molecule has 3 fully saturated rings. The van der Waals surface area contributed by atoms with Gasteiger partial charge in [0.15, 0.2) is 0 Å². The third kappa shape index (κ3) is 1.32. The maximum absolute atomic E-state index is 4.87. The summed E-state index contributed by atoms with van der Waals surface area (Å²) in [6.45, 7) is 4.07. The fraction of sp³-hybridized carbons (Fsp3) is 0.688. The largest absolute Gasteiger partial charge is 0.272 e. The lowest BCUT2D eigenvalue weighted by Gasteiger charge is -2.24. The van der Waals surface area contributed by atoms with Crippen molar-refractivity contribution in [1.29, 1.82) is 0 Å². The fourth-order valence-electron chi connectivity index (χ4n) is 4.38. The molecule has 2 bridgehead atoms. The molecule has 96 valence electrons. The zero-order valence-corrected chi connectivity index (χ0v) is 11.3. The average molecular weight is 242 g/mol. The molecule has 0 atom stereocenters. The SMILES string of the molecule is C=CC12CCC(c3cc(C4CC4)n(C)n3)(CC1)C2. The molecule has 3 aliphatic carbocycles. The standard InChI is InChI=1S/C16H22N2/c1-3-15-6-8-16(11-15,9-7-15)14-10-13(12-4-5-12)18(2)17-14/h3,10,12H,1,4-9,11H2,2H3. The van der Waals surface area contributed by atoms with Crippen molar-refractivity contribution >= 4 is 0 Å². The highest BCUT2D eigenvalue weighted by Crippen LogP contribution is 2.62. The van der Waals surface area contributed by atoms with E-state index in [9.17, 15) is 0 Å². The Morgan fingerprint density at radius 3 is 2.61 bits per heavy atom. The summed E-state index contributed by atoms with van der Waals surface area (Å²) >= 11 is 0. The van der Waals surface area contributed by atoms with Crippen LogP contribution in [0.25, 0.3) is 0 Å². The highest BCUT2D eigenvalue weighted by molar-refractivity contribution is 5.30. The number of allylic oxidation sites excluding steroid dienone is 1. The van der Waals surface area contributed by atoms with E-state index in [0.29, 0.717) is 10.8 Å². The van der Waals surface area contributed by atoms with Crippen molar-refractivity contribution < 1.29 is 0 Å². The highest BCUT2D eigenvalue weighted by atomic mass is 15.3. The first-order chi connectivity index (χ1) is 8.66. The minimum atomic E-state index is 0.388. The van der Waals surface area contributed by atoms with Crippen LogP contribution in [0.15, 0.2) is 18.7 Å². The molecule has 4 rings (SSSR count). The lowest BCUT2D eigenvalue weighted by Crippen LogP contribution is -2.20. The van der Waals surface area contributed by atoms with Crippen LogP contribution in [-0.4, -0.2) is 9.78 Å². The van der Waals surface area contributed by atoms with E-state index in [0.717, 1.165) is 5.92 Å². The van der Waals surface area contributed by atoms with Gasteiger partial charge in [-0.15, -0.1) is 6.58 Å². The van der Waals surface area contributed by atoms with Crippen LogP contribution >= 0.6 is 0 Å². The first-order valence-electron chi connectivity index (χ1n) is 7.35. The van der Waals surface area contributed by atoms with Crippen molar-refractivity contribution in [2.75, 3.05) is 0 Å². The van der Waals surface area contributed by atoms with Crippen molar-refractivity contribution in [2.45, 2.75) is 56.3 Å². The Labute approximate surface area is 109 Å². The zero-order valence-electron chi connectivity index (χ0n) is 11.3. The van der Waals surface area contributed by atoms with E-state index in [1.165, 1.54) is 56.3 Å². The zero-order chi connectivity index (χ0) is 12.4. The summed E-state index contributed by atoms with van der Waals surface area (Å²) < 4.78 is 2.15. The van der Waals surface area contributed by atoms with Crippen molar-refractivity contribution in [3.05, 3.63) is 30.1 Å². The predicted octanol–water partition coefficient (Wildman–Crippen LogP) is 3.69. The second-order valence-corrected chi connectivity index (χ2v) is 6.88. The molecule has 0 radical (unpaired) electrons. The van der Waals surface area contributed by atoms with E-state index in [4.69, 9.17) is 5.10 Å². The van der Waals surface area contributed by atoms with E-state index in [2.05, 4.69) is 30.5 Å². The maximum atomic E-state index is 4.87. The number of fused-ring (bicyclic) bond motifs is 2. The van der Waals surface area contributed by atoms with Gasteiger partial charge in [0.2, 0.25) is 0 Å². The first kappa shape index (κ1) is 10.8. The predicted molar refractivity (Wildman–Crippen MR) is 72.6 cm³/mol. The molecule has 0 aromatic carbocycles. The van der Waals surface area contributed by atoms with Gasteiger partial charge in [0.25, 0.3) is 0 Å². The summed E-state index contributed by atoms with van der Waals surface area (Å²) in [7, 11) is 2.12. The third-order valence-electron chi connectivity index (χ3n) is 5.78. The summed E-state index contributed by atoms with van der Waals surface area (Å²) in [6.07, 6.45) is 11.5. The summed E-state index contributed by atoms with van der Waals surface area (Å²) in [4.78, 5) is 0. The quantitative estimate of drug-likeness (QED) is 0.739. The molecule has 2 heteroatoms. The molecule has 0 saturated heterocycles. The second-order valence-electron chi connectivity index (χ2n) is 6.88. The lowest BCUT2D eigenvalue weighted by atomic mass is 9.80. The first-order valence-corrected chi connectivity index (χ1v) is 7.35. The molecule has 1 aromatic heterocycles. The van der Waals surface area contributed by atoms with E-state index in [-0.39, 0.29) is 0 Å². The third-order valence-corrected chi connectivity index (χ3v) is 5.78. The number of aryl methyl sites for hydroxylation is 1. The van der Waals surface area contributed by atoms with Crippen LogP contribution in [0.5, 0.6) is 0 Å². The van der Waals surface area contributed by atoms with Crippen LogP contribution in [-0.2, 0) is 12.5 Å². The highest BCUT2D eigenvalue weighted by Gasteiger charge is 2.54. The van der Waals surface area contributed by atoms with Crippen molar-refractivity contribution in [1.82, 2.24) is 9.78 Å². The van der Waals surface area contributed by atoms with Gasteiger partial charge < -0.3 is 0 Å². The monoisotopic (exact) mass is 242 g/mol. The minimum Gasteiger partial charge on any atom is -0.272 e. The molecule has 2 nitrogen and oxygen atoms in total. The molecule has 0 spiro atoms. The molecule has 0 N–H and O–H groups in total. The Hall–Kier alpha value is -1.05. The summed E-state index contributed by atoms with van der Waals surface area (Å²) in [6, 6.07) is 2.42. The van der Waals surface area contributed by atoms with E-state index in [1.54, 1.807) is 0 Å². The second kappa shape index (κ2) is 3.28. The molecule has 1 heterocycles. The van der Waals surface area contributed by atoms with E-state index >= 15 is 0 Å². The molecule has 1 aromatic rings. The molecule has 3 saturated carbocycles. The average Bonchev–Trinajstić information content (AvgIpc) is 2.89. The normalized spacial score (nSPS) is 38.3. The molecule has 0 aliphatic heterocycles. The molecule has 0 amide bonds. The Morgan fingerprint density at radius 2 is 2.06 bits per heavy atom. The number of hydrogen-bond acceptors (Lipinski definition) is 1. The van der Waals surface area contributed by atoms with Gasteiger partial charge in [-0.3, -0.25) is 4.68 Å². The van der Waals surface area contributed by atoms with Gasteiger partial charge in [0.05, 0.1) is 5.69 Å². The van der Waals surface area contributed by atoms with Crippen LogP contribution < -0.4 is 0 Å². The number of nitrogens with zero attached hydrogens (tertiary/aromatic N) is 2. The van der Waals surface area contributed by atoms with Crippen molar-refractivity contribution in [2.24, 2.45) is 12.5 Å².